The van der Waals surface area contributed by atoms with Crippen molar-refractivity contribution in [2.75, 3.05) is 13.2 Å². The van der Waals surface area contributed by atoms with E-state index in [4.69, 9.17) is 10.5 Å². The van der Waals surface area contributed by atoms with E-state index in [0.29, 0.717) is 17.7 Å². The molecule has 15 heavy (non-hydrogen) atoms. The van der Waals surface area contributed by atoms with E-state index < -0.39 is 0 Å². The van der Waals surface area contributed by atoms with E-state index in [1.165, 1.54) is 0 Å². The second-order valence-corrected chi connectivity index (χ2v) is 4.13. The quantitative estimate of drug-likeness (QED) is 0.810. The lowest BCUT2D eigenvalue weighted by molar-refractivity contribution is 0.180. The van der Waals surface area contributed by atoms with Crippen LogP contribution in [0.25, 0.3) is 0 Å². The molecule has 0 spiro atoms. The predicted molar refractivity (Wildman–Crippen MR) is 57.0 cm³/mol. The Balaban J connectivity index is 2.24. The number of hydrogen-bond donors (Lipinski definition) is 1. The molecule has 1 heterocycles. The van der Waals surface area contributed by atoms with Crippen LogP contribution in [0.1, 0.15) is 23.6 Å². The van der Waals surface area contributed by atoms with Crippen LogP contribution in [-0.4, -0.2) is 13.2 Å². The highest BCUT2D eigenvalue weighted by atomic mass is 19.1. The average Bonchev–Trinajstić information content (AvgIpc) is 2.74. The number of rotatable bonds is 2. The Kier molecular flexibility index (Phi) is 3.03. The molecule has 0 saturated carbocycles. The van der Waals surface area contributed by atoms with Crippen molar-refractivity contribution in [1.82, 2.24) is 0 Å². The summed E-state index contributed by atoms with van der Waals surface area (Å²) in [5, 5.41) is 0. The van der Waals surface area contributed by atoms with Crippen molar-refractivity contribution in [2.45, 2.75) is 19.4 Å². The molecule has 2 nitrogen and oxygen atoms in total. The normalized spacial score (nSPS) is 23.0. The third-order valence-corrected chi connectivity index (χ3v) is 3.05. The Morgan fingerprint density at radius 1 is 1.53 bits per heavy atom. The molecule has 2 rings (SSSR count). The first-order valence-electron chi connectivity index (χ1n) is 5.28. The van der Waals surface area contributed by atoms with Gasteiger partial charge in [-0.2, -0.15) is 0 Å². The van der Waals surface area contributed by atoms with Crippen LogP contribution in [0.4, 0.5) is 4.39 Å². The summed E-state index contributed by atoms with van der Waals surface area (Å²) in [6.07, 6.45) is 0.925. The summed E-state index contributed by atoms with van der Waals surface area (Å²) in [5.74, 6) is 0.0817. The van der Waals surface area contributed by atoms with Crippen LogP contribution < -0.4 is 5.73 Å². The minimum absolute atomic E-state index is 0.170. The van der Waals surface area contributed by atoms with Crippen LogP contribution >= 0.6 is 0 Å². The summed E-state index contributed by atoms with van der Waals surface area (Å²) in [4.78, 5) is 0. The van der Waals surface area contributed by atoms with Crippen LogP contribution in [0.3, 0.4) is 0 Å². The van der Waals surface area contributed by atoms with Gasteiger partial charge in [0.15, 0.2) is 0 Å². The fourth-order valence-corrected chi connectivity index (χ4v) is 2.02. The number of nitrogens with two attached hydrogens (primary N) is 1. The zero-order valence-corrected chi connectivity index (χ0v) is 8.87. The SMILES string of the molecule is Cc1cccc(C(N)C2CCOC2)c1F. The highest BCUT2D eigenvalue weighted by Gasteiger charge is 2.26. The van der Waals surface area contributed by atoms with Gasteiger partial charge in [-0.3, -0.25) is 0 Å². The monoisotopic (exact) mass is 209 g/mol. The Labute approximate surface area is 89.2 Å². The van der Waals surface area contributed by atoms with Crippen molar-refractivity contribution in [3.05, 3.63) is 35.1 Å². The lowest BCUT2D eigenvalue weighted by Gasteiger charge is -2.19. The summed E-state index contributed by atoms with van der Waals surface area (Å²) in [6.45, 7) is 3.15. The standard InChI is InChI=1S/C12H16FNO/c1-8-3-2-4-10(11(8)13)12(14)9-5-6-15-7-9/h2-4,9,12H,5-7,14H2,1H3. The molecule has 3 heteroatoms. The van der Waals surface area contributed by atoms with Gasteiger partial charge in [-0.15, -0.1) is 0 Å². The van der Waals surface area contributed by atoms with Crippen LogP contribution in [0, 0.1) is 18.7 Å². The molecule has 2 N–H and O–H groups in total. The number of hydrogen-bond acceptors (Lipinski definition) is 2. The molecule has 0 aliphatic carbocycles. The van der Waals surface area contributed by atoms with Crippen molar-refractivity contribution < 1.29 is 9.13 Å². The lowest BCUT2D eigenvalue weighted by Crippen LogP contribution is -2.23. The smallest absolute Gasteiger partial charge is 0.130 e. The fraction of sp³-hybridized carbons (Fsp3) is 0.500. The van der Waals surface area contributed by atoms with Crippen LogP contribution in [-0.2, 0) is 4.74 Å². The molecule has 1 aromatic rings. The minimum Gasteiger partial charge on any atom is -0.381 e. The van der Waals surface area contributed by atoms with Gasteiger partial charge in [0.2, 0.25) is 0 Å². The maximum absolute atomic E-state index is 13.8. The molecule has 0 bridgehead atoms. The summed E-state index contributed by atoms with van der Waals surface area (Å²) >= 11 is 0. The number of ether oxygens (including phenoxy) is 1. The fourth-order valence-electron chi connectivity index (χ4n) is 2.02. The molecule has 1 saturated heterocycles. The topological polar surface area (TPSA) is 35.2 Å². The molecule has 82 valence electrons. The summed E-state index contributed by atoms with van der Waals surface area (Å²) in [7, 11) is 0. The highest BCUT2D eigenvalue weighted by Crippen LogP contribution is 2.28. The predicted octanol–water partition coefficient (Wildman–Crippen LogP) is 2.17. The Hall–Kier alpha value is -0.930. The molecule has 0 amide bonds. The number of halogens is 1. The minimum atomic E-state index is -0.243. The van der Waals surface area contributed by atoms with E-state index in [1.807, 2.05) is 6.07 Å². The van der Waals surface area contributed by atoms with Gasteiger partial charge >= 0.3 is 0 Å². The van der Waals surface area contributed by atoms with E-state index in [9.17, 15) is 4.39 Å². The number of benzene rings is 1. The van der Waals surface area contributed by atoms with Gasteiger partial charge in [0, 0.05) is 24.1 Å². The zero-order valence-electron chi connectivity index (χ0n) is 8.87. The van der Waals surface area contributed by atoms with Crippen molar-refractivity contribution in [1.29, 1.82) is 0 Å². The average molecular weight is 209 g/mol. The first-order valence-corrected chi connectivity index (χ1v) is 5.28. The van der Waals surface area contributed by atoms with E-state index in [1.54, 1.807) is 19.1 Å². The van der Waals surface area contributed by atoms with Crippen molar-refractivity contribution in [2.24, 2.45) is 11.7 Å². The van der Waals surface area contributed by atoms with Crippen molar-refractivity contribution in [3.63, 3.8) is 0 Å². The highest BCUT2D eigenvalue weighted by molar-refractivity contribution is 5.27. The molecule has 1 aliphatic heterocycles. The van der Waals surface area contributed by atoms with Gasteiger partial charge in [0.25, 0.3) is 0 Å². The number of aryl methyl sites for hydroxylation is 1. The van der Waals surface area contributed by atoms with Gasteiger partial charge < -0.3 is 10.5 Å². The van der Waals surface area contributed by atoms with Crippen LogP contribution in [0.2, 0.25) is 0 Å². The molecule has 2 atom stereocenters. The van der Waals surface area contributed by atoms with E-state index in [2.05, 4.69) is 0 Å². The maximum Gasteiger partial charge on any atom is 0.130 e. The summed E-state index contributed by atoms with van der Waals surface area (Å²) in [5.41, 5.74) is 7.32. The first-order chi connectivity index (χ1) is 7.20. The van der Waals surface area contributed by atoms with Gasteiger partial charge in [-0.25, -0.2) is 4.39 Å². The van der Waals surface area contributed by atoms with Gasteiger partial charge in [0.1, 0.15) is 5.82 Å². The van der Waals surface area contributed by atoms with Crippen molar-refractivity contribution in [3.8, 4) is 0 Å². The van der Waals surface area contributed by atoms with Crippen LogP contribution in [0.5, 0.6) is 0 Å². The Bertz CT molecular complexity index is 347. The maximum atomic E-state index is 13.8. The van der Waals surface area contributed by atoms with Gasteiger partial charge in [-0.05, 0) is 18.9 Å². The Morgan fingerprint density at radius 2 is 2.33 bits per heavy atom. The molecule has 0 aromatic heterocycles. The second kappa shape index (κ2) is 4.29. The molecule has 1 aliphatic rings. The largest absolute Gasteiger partial charge is 0.381 e. The molecular weight excluding hydrogens is 193 g/mol. The summed E-state index contributed by atoms with van der Waals surface area (Å²) in [6, 6.07) is 5.14. The van der Waals surface area contributed by atoms with Gasteiger partial charge in [-0.1, -0.05) is 18.2 Å². The van der Waals surface area contributed by atoms with Crippen LogP contribution in [0.15, 0.2) is 18.2 Å². The lowest BCUT2D eigenvalue weighted by atomic mass is 9.92. The third kappa shape index (κ3) is 2.03. The summed E-state index contributed by atoms with van der Waals surface area (Å²) < 4.78 is 19.1. The first kappa shape index (κ1) is 10.6. The Morgan fingerprint density at radius 3 is 3.00 bits per heavy atom. The molecule has 1 fully saturated rings. The molecular formula is C12H16FNO. The zero-order chi connectivity index (χ0) is 10.8. The molecule has 2 unspecified atom stereocenters. The van der Waals surface area contributed by atoms with E-state index in [0.717, 1.165) is 13.0 Å². The van der Waals surface area contributed by atoms with Gasteiger partial charge in [0.05, 0.1) is 6.61 Å². The third-order valence-electron chi connectivity index (χ3n) is 3.05. The van der Waals surface area contributed by atoms with E-state index >= 15 is 0 Å². The molecule has 0 radical (unpaired) electrons. The molecule has 1 aromatic carbocycles. The van der Waals surface area contributed by atoms with E-state index in [-0.39, 0.29) is 17.8 Å². The van der Waals surface area contributed by atoms with Crippen molar-refractivity contribution >= 4 is 0 Å². The second-order valence-electron chi connectivity index (χ2n) is 4.13.